The fraction of sp³-hybridized carbons (Fsp3) is 0.0667. The molecule has 2 rings (SSSR count). The molecule has 1 atom stereocenters. The first-order valence-electron chi connectivity index (χ1n) is 6.12. The summed E-state index contributed by atoms with van der Waals surface area (Å²) in [6, 6.07) is 6.35. The van der Waals surface area contributed by atoms with Crippen molar-refractivity contribution in [2.75, 3.05) is 0 Å². The molecule has 0 N–H and O–H groups in total. The summed E-state index contributed by atoms with van der Waals surface area (Å²) in [6.07, 6.45) is 0.613. The molecule has 2 aromatic rings. The predicted octanol–water partition coefficient (Wildman–Crippen LogP) is 4.96. The van der Waals surface area contributed by atoms with Gasteiger partial charge >= 0.3 is 0 Å². The lowest BCUT2D eigenvalue weighted by molar-refractivity contribution is 0.377. The van der Waals surface area contributed by atoms with E-state index in [1.165, 1.54) is 0 Å². The zero-order valence-electron chi connectivity index (χ0n) is 11.3. The van der Waals surface area contributed by atoms with Gasteiger partial charge in [-0.1, -0.05) is 23.7 Å². The number of benzene rings is 2. The number of hydrogen-bond donors (Lipinski definition) is 0. The molecule has 122 valence electrons. The molecule has 2 aromatic carbocycles. The van der Waals surface area contributed by atoms with Crippen molar-refractivity contribution in [2.45, 2.75) is 5.75 Å². The Hall–Kier alpha value is -1.73. The Morgan fingerprint density at radius 2 is 1.35 bits per heavy atom. The molecule has 0 amide bonds. The molecule has 23 heavy (non-hydrogen) atoms. The van der Waals surface area contributed by atoms with Gasteiger partial charge in [-0.25, -0.2) is 22.0 Å². The van der Waals surface area contributed by atoms with Gasteiger partial charge in [0.15, 0.2) is 23.3 Å². The van der Waals surface area contributed by atoms with Crippen LogP contribution in [0.15, 0.2) is 29.7 Å². The van der Waals surface area contributed by atoms with E-state index in [1.807, 2.05) is 0 Å². The van der Waals surface area contributed by atoms with E-state index in [9.17, 15) is 26.2 Å². The SMILES string of the molecule is O=S(/C=C/c1c(F)c(F)c(F)c(F)c1F)Cc1ccc(Cl)cc1. The Labute approximate surface area is 135 Å². The summed E-state index contributed by atoms with van der Waals surface area (Å²) < 4.78 is 77.6. The predicted molar refractivity (Wildman–Crippen MR) is 78.6 cm³/mol. The van der Waals surface area contributed by atoms with Crippen LogP contribution < -0.4 is 0 Å². The van der Waals surface area contributed by atoms with Gasteiger partial charge in [0.1, 0.15) is 0 Å². The number of hydrogen-bond acceptors (Lipinski definition) is 1. The molecule has 1 nitrogen and oxygen atoms in total. The second kappa shape index (κ2) is 7.23. The quantitative estimate of drug-likeness (QED) is 0.425. The summed E-state index contributed by atoms with van der Waals surface area (Å²) in [7, 11) is -1.71. The summed E-state index contributed by atoms with van der Waals surface area (Å²) in [5.74, 6) is -10.3. The van der Waals surface area contributed by atoms with Crippen molar-refractivity contribution in [1.29, 1.82) is 0 Å². The van der Waals surface area contributed by atoms with E-state index in [2.05, 4.69) is 0 Å². The average Bonchev–Trinajstić information content (AvgIpc) is 2.53. The van der Waals surface area contributed by atoms with Crippen LogP contribution in [0.2, 0.25) is 5.02 Å². The summed E-state index contributed by atoms with van der Waals surface area (Å²) in [6.45, 7) is 0. The monoisotopic (exact) mass is 366 g/mol. The first kappa shape index (κ1) is 17.6. The van der Waals surface area contributed by atoms with Crippen LogP contribution in [0, 0.1) is 29.1 Å². The van der Waals surface area contributed by atoms with Crippen LogP contribution in [0.1, 0.15) is 11.1 Å². The topological polar surface area (TPSA) is 17.1 Å². The fourth-order valence-electron chi connectivity index (χ4n) is 1.71. The first-order valence-corrected chi connectivity index (χ1v) is 7.88. The first-order chi connectivity index (χ1) is 10.8. The van der Waals surface area contributed by atoms with Crippen LogP contribution >= 0.6 is 11.6 Å². The minimum absolute atomic E-state index is 0.00304. The highest BCUT2D eigenvalue weighted by Crippen LogP contribution is 2.24. The third-order valence-corrected chi connectivity index (χ3v) is 4.16. The lowest BCUT2D eigenvalue weighted by atomic mass is 10.1. The molecule has 0 aromatic heterocycles. The Morgan fingerprint density at radius 3 is 1.87 bits per heavy atom. The zero-order valence-corrected chi connectivity index (χ0v) is 12.8. The molecular formula is C15H8ClF5OS. The summed E-state index contributed by atoms with van der Waals surface area (Å²) >= 11 is 5.69. The van der Waals surface area contributed by atoms with Gasteiger partial charge < -0.3 is 0 Å². The van der Waals surface area contributed by atoms with E-state index >= 15 is 0 Å². The van der Waals surface area contributed by atoms with Crippen LogP contribution in [0.5, 0.6) is 0 Å². The summed E-state index contributed by atoms with van der Waals surface area (Å²) in [4.78, 5) is 0. The highest BCUT2D eigenvalue weighted by atomic mass is 35.5. The van der Waals surface area contributed by atoms with Gasteiger partial charge in [-0.05, 0) is 23.8 Å². The highest BCUT2D eigenvalue weighted by Gasteiger charge is 2.24. The molecule has 0 heterocycles. The third-order valence-electron chi connectivity index (χ3n) is 2.85. The molecular weight excluding hydrogens is 359 g/mol. The molecule has 0 fully saturated rings. The Bertz CT molecular complexity index is 760. The van der Waals surface area contributed by atoms with Gasteiger partial charge in [0.2, 0.25) is 5.82 Å². The van der Waals surface area contributed by atoms with Gasteiger partial charge in [0.25, 0.3) is 0 Å². The van der Waals surface area contributed by atoms with Crippen LogP contribution in [0.25, 0.3) is 6.08 Å². The van der Waals surface area contributed by atoms with Gasteiger partial charge in [-0.2, -0.15) is 0 Å². The molecule has 0 saturated heterocycles. The van der Waals surface area contributed by atoms with Crippen LogP contribution in [0.4, 0.5) is 22.0 Å². The normalized spacial score (nSPS) is 12.8. The molecule has 0 aliphatic heterocycles. The summed E-state index contributed by atoms with van der Waals surface area (Å²) in [5, 5.41) is 1.35. The maximum Gasteiger partial charge on any atom is 0.200 e. The highest BCUT2D eigenvalue weighted by molar-refractivity contribution is 7.87. The van der Waals surface area contributed by atoms with E-state index < -0.39 is 45.4 Å². The van der Waals surface area contributed by atoms with Crippen molar-refractivity contribution in [3.63, 3.8) is 0 Å². The standard InChI is InChI=1S/C15H8ClF5OS/c16-9-3-1-8(2-4-9)7-23(22)6-5-10-11(17)13(19)15(21)14(20)12(10)18/h1-6H,7H2/b6-5+. The van der Waals surface area contributed by atoms with Crippen molar-refractivity contribution in [2.24, 2.45) is 0 Å². The van der Waals surface area contributed by atoms with Crippen LogP contribution in [0.3, 0.4) is 0 Å². The van der Waals surface area contributed by atoms with Crippen molar-refractivity contribution in [3.05, 3.63) is 74.9 Å². The maximum absolute atomic E-state index is 13.4. The average molecular weight is 367 g/mol. The molecule has 0 radical (unpaired) electrons. The molecule has 1 unspecified atom stereocenters. The second-order valence-electron chi connectivity index (χ2n) is 4.44. The van der Waals surface area contributed by atoms with Crippen molar-refractivity contribution < 1.29 is 26.2 Å². The lowest BCUT2D eigenvalue weighted by Crippen LogP contribution is -2.04. The van der Waals surface area contributed by atoms with Gasteiger partial charge in [0.05, 0.1) is 22.1 Å². The molecule has 0 spiro atoms. The minimum atomic E-state index is -2.24. The van der Waals surface area contributed by atoms with Gasteiger partial charge in [-0.15, -0.1) is 0 Å². The van der Waals surface area contributed by atoms with Gasteiger partial charge in [0, 0.05) is 10.4 Å². The van der Waals surface area contributed by atoms with Crippen molar-refractivity contribution in [1.82, 2.24) is 0 Å². The number of halogens is 6. The van der Waals surface area contributed by atoms with E-state index in [0.717, 1.165) is 5.41 Å². The largest absolute Gasteiger partial charge is 0.255 e. The Kier molecular flexibility index (Phi) is 5.54. The molecule has 0 bridgehead atoms. The molecule has 0 saturated carbocycles. The van der Waals surface area contributed by atoms with Gasteiger partial charge in [-0.3, -0.25) is 4.21 Å². The summed E-state index contributed by atoms with van der Waals surface area (Å²) in [5.41, 5.74) is -0.499. The Morgan fingerprint density at radius 1 is 0.870 bits per heavy atom. The second-order valence-corrected chi connectivity index (χ2v) is 6.20. The third kappa shape index (κ3) is 3.97. The van der Waals surface area contributed by atoms with Crippen molar-refractivity contribution >= 4 is 28.5 Å². The van der Waals surface area contributed by atoms with E-state index in [1.54, 1.807) is 24.3 Å². The zero-order chi connectivity index (χ0) is 17.1. The maximum atomic E-state index is 13.4. The van der Waals surface area contributed by atoms with Crippen molar-refractivity contribution in [3.8, 4) is 0 Å². The molecule has 0 aliphatic carbocycles. The van der Waals surface area contributed by atoms with E-state index in [0.29, 0.717) is 16.7 Å². The van der Waals surface area contributed by atoms with E-state index in [-0.39, 0.29) is 5.75 Å². The van der Waals surface area contributed by atoms with E-state index in [4.69, 9.17) is 11.6 Å². The minimum Gasteiger partial charge on any atom is -0.255 e. The molecule has 8 heteroatoms. The number of rotatable bonds is 4. The lowest BCUT2D eigenvalue weighted by Gasteiger charge is -2.04. The van der Waals surface area contributed by atoms with Crippen LogP contribution in [-0.2, 0) is 16.6 Å². The Balaban J connectivity index is 2.23. The fourth-order valence-corrected chi connectivity index (χ4v) is 2.74. The molecule has 0 aliphatic rings. The smallest absolute Gasteiger partial charge is 0.200 e. The van der Waals surface area contributed by atoms with Crippen LogP contribution in [-0.4, -0.2) is 4.21 Å².